The Hall–Kier alpha value is -2.36. The molecule has 0 saturated heterocycles. The van der Waals surface area contributed by atoms with Gasteiger partial charge in [0, 0.05) is 25.8 Å². The molecule has 0 aliphatic rings. The Morgan fingerprint density at radius 2 is 1.24 bits per heavy atom. The number of allylic oxidation sites excluding steroid dienone is 8. The van der Waals surface area contributed by atoms with Crippen molar-refractivity contribution in [1.29, 1.82) is 0 Å². The summed E-state index contributed by atoms with van der Waals surface area (Å²) in [5.41, 5.74) is 5.31. The number of carbonyl (C=O) groups excluding carboxylic acids is 3. The number of hydrogen-bond acceptors (Lipinski definition) is 9. The molecule has 0 radical (unpaired) electrons. The van der Waals surface area contributed by atoms with Crippen molar-refractivity contribution in [3.05, 3.63) is 48.6 Å². The molecule has 0 rings (SSSR count). The molecule has 3 N–H and O–H groups in total. The van der Waals surface area contributed by atoms with E-state index in [4.69, 9.17) is 24.3 Å². The maximum Gasteiger partial charge on any atom is 0.472 e. The quantitative estimate of drug-likeness (QED) is 0.0161. The highest BCUT2D eigenvalue weighted by molar-refractivity contribution is 7.47. The minimum absolute atomic E-state index is 0.0158. The second-order valence-electron chi connectivity index (χ2n) is 12.5. The Kier molecular flexibility index (Phi) is 33.4. The molecule has 50 heavy (non-hydrogen) atoms. The van der Waals surface area contributed by atoms with E-state index in [1.165, 1.54) is 70.3 Å². The molecule has 0 aromatic rings. The molecule has 0 bridgehead atoms. The summed E-state index contributed by atoms with van der Waals surface area (Å²) in [6.07, 6.45) is 34.4. The van der Waals surface area contributed by atoms with Gasteiger partial charge in [0.25, 0.3) is 0 Å². The Balaban J connectivity index is 4.46. The van der Waals surface area contributed by atoms with E-state index in [-0.39, 0.29) is 51.2 Å². The lowest BCUT2D eigenvalue weighted by Gasteiger charge is -2.19. The SMILES string of the molecule is CCCCC/C=C\C/C=C\C/C=C\C=C\C(=O)CCCC(=O)O[C@H](COC(=O)CCCCCCCCCCCCC)COP(=O)(O)OCCN. The van der Waals surface area contributed by atoms with Gasteiger partial charge >= 0.3 is 19.8 Å². The van der Waals surface area contributed by atoms with Crippen LogP contribution in [0.4, 0.5) is 0 Å². The van der Waals surface area contributed by atoms with Crippen molar-refractivity contribution in [1.82, 2.24) is 0 Å². The molecule has 0 fully saturated rings. The lowest BCUT2D eigenvalue weighted by Crippen LogP contribution is -2.29. The first-order chi connectivity index (χ1) is 24.2. The van der Waals surface area contributed by atoms with E-state index in [0.717, 1.165) is 38.5 Å². The van der Waals surface area contributed by atoms with Gasteiger partial charge < -0.3 is 20.1 Å². The van der Waals surface area contributed by atoms with E-state index in [9.17, 15) is 23.8 Å². The van der Waals surface area contributed by atoms with Crippen molar-refractivity contribution in [2.45, 2.75) is 155 Å². The second kappa shape index (κ2) is 35.1. The lowest BCUT2D eigenvalue weighted by molar-refractivity contribution is -0.161. The van der Waals surface area contributed by atoms with E-state index in [2.05, 4.69) is 38.2 Å². The molecule has 0 aromatic carbocycles. The van der Waals surface area contributed by atoms with Gasteiger partial charge in [0.15, 0.2) is 11.9 Å². The third-order valence-electron chi connectivity index (χ3n) is 7.69. The highest BCUT2D eigenvalue weighted by Gasteiger charge is 2.26. The first-order valence-electron chi connectivity index (χ1n) is 19.1. The van der Waals surface area contributed by atoms with E-state index in [1.54, 1.807) is 6.08 Å². The Bertz CT molecular complexity index is 1030. The first-order valence-corrected chi connectivity index (χ1v) is 20.6. The van der Waals surface area contributed by atoms with Crippen LogP contribution in [0.15, 0.2) is 48.6 Å². The number of ether oxygens (including phenoxy) is 2. The van der Waals surface area contributed by atoms with Crippen LogP contribution in [-0.2, 0) is 37.5 Å². The fourth-order valence-electron chi connectivity index (χ4n) is 4.82. The number of phosphoric ester groups is 1. The largest absolute Gasteiger partial charge is 0.472 e. The van der Waals surface area contributed by atoms with Crippen molar-refractivity contribution < 1.29 is 42.4 Å². The summed E-state index contributed by atoms with van der Waals surface area (Å²) < 4.78 is 32.4. The molecular weight excluding hydrogens is 657 g/mol. The van der Waals surface area contributed by atoms with Gasteiger partial charge in [-0.15, -0.1) is 0 Å². The van der Waals surface area contributed by atoms with Gasteiger partial charge in [-0.3, -0.25) is 23.4 Å². The van der Waals surface area contributed by atoms with E-state index >= 15 is 0 Å². The van der Waals surface area contributed by atoms with Crippen LogP contribution in [-0.4, -0.2) is 55.1 Å². The van der Waals surface area contributed by atoms with Gasteiger partial charge in [0.05, 0.1) is 13.2 Å². The number of carbonyl (C=O) groups is 3. The topological polar surface area (TPSA) is 151 Å². The molecule has 2 atom stereocenters. The number of rotatable bonds is 35. The monoisotopic (exact) mass is 725 g/mol. The van der Waals surface area contributed by atoms with Crippen molar-refractivity contribution in [2.75, 3.05) is 26.4 Å². The van der Waals surface area contributed by atoms with Crippen molar-refractivity contribution in [3.63, 3.8) is 0 Å². The predicted molar refractivity (Wildman–Crippen MR) is 201 cm³/mol. The highest BCUT2D eigenvalue weighted by Crippen LogP contribution is 2.43. The molecule has 0 saturated carbocycles. The summed E-state index contributed by atoms with van der Waals surface area (Å²) >= 11 is 0. The summed E-state index contributed by atoms with van der Waals surface area (Å²) in [6, 6.07) is 0. The fraction of sp³-hybridized carbons (Fsp3) is 0.718. The molecule has 0 amide bonds. The van der Waals surface area contributed by atoms with Gasteiger partial charge in [0.1, 0.15) is 6.61 Å². The molecule has 0 aliphatic carbocycles. The van der Waals surface area contributed by atoms with Crippen molar-refractivity contribution in [2.24, 2.45) is 5.73 Å². The number of nitrogens with two attached hydrogens (primary N) is 1. The van der Waals surface area contributed by atoms with Crippen LogP contribution >= 0.6 is 7.82 Å². The molecule has 1 unspecified atom stereocenters. The number of hydrogen-bond donors (Lipinski definition) is 2. The van der Waals surface area contributed by atoms with Crippen LogP contribution in [0, 0.1) is 0 Å². The average Bonchev–Trinajstić information content (AvgIpc) is 3.09. The zero-order chi connectivity index (χ0) is 37.0. The van der Waals surface area contributed by atoms with E-state index in [1.807, 2.05) is 12.2 Å². The van der Waals surface area contributed by atoms with Crippen LogP contribution in [0.1, 0.15) is 149 Å². The van der Waals surface area contributed by atoms with E-state index < -0.39 is 32.5 Å². The fourth-order valence-corrected chi connectivity index (χ4v) is 5.59. The standard InChI is InChI=1S/C39H68NO9P/c1-3-5-7-9-11-13-15-16-18-19-21-23-25-28-36(41)29-27-31-39(43)49-37(35-48-50(44,45)47-33-32-40)34-46-38(42)30-26-24-22-20-17-14-12-10-8-6-4-2/h11,13,16,18,21,23,25,28,37H,3-10,12,14-15,17,19-20,22,24,26-27,29-35,40H2,1-2H3,(H,44,45)/b13-11-,18-16-,23-21-,28-25+/t37-/m1/s1. The highest BCUT2D eigenvalue weighted by atomic mass is 31.2. The predicted octanol–water partition coefficient (Wildman–Crippen LogP) is 9.56. The minimum Gasteiger partial charge on any atom is -0.462 e. The molecule has 11 heteroatoms. The molecule has 10 nitrogen and oxygen atoms in total. The summed E-state index contributed by atoms with van der Waals surface area (Å²) in [6.45, 7) is 3.39. The summed E-state index contributed by atoms with van der Waals surface area (Å²) in [5.74, 6) is -1.21. The molecule has 0 spiro atoms. The van der Waals surface area contributed by atoms with Gasteiger partial charge in [-0.25, -0.2) is 4.57 Å². The van der Waals surface area contributed by atoms with Crippen LogP contribution in [0.5, 0.6) is 0 Å². The summed E-state index contributed by atoms with van der Waals surface area (Å²) in [7, 11) is -4.43. The van der Waals surface area contributed by atoms with Crippen molar-refractivity contribution >= 4 is 25.5 Å². The third-order valence-corrected chi connectivity index (χ3v) is 8.68. The lowest BCUT2D eigenvalue weighted by atomic mass is 10.1. The zero-order valence-corrected chi connectivity index (χ0v) is 32.0. The Labute approximate surface area is 302 Å². The van der Waals surface area contributed by atoms with Crippen LogP contribution in [0.3, 0.4) is 0 Å². The molecule has 0 aromatic heterocycles. The zero-order valence-electron chi connectivity index (χ0n) is 31.1. The Morgan fingerprint density at radius 3 is 1.90 bits per heavy atom. The number of ketones is 1. The van der Waals surface area contributed by atoms with Crippen LogP contribution < -0.4 is 5.73 Å². The Morgan fingerprint density at radius 1 is 0.660 bits per heavy atom. The van der Waals surface area contributed by atoms with Crippen LogP contribution in [0.2, 0.25) is 0 Å². The van der Waals surface area contributed by atoms with Crippen LogP contribution in [0.25, 0.3) is 0 Å². The first kappa shape index (κ1) is 47.6. The number of esters is 2. The van der Waals surface area contributed by atoms with Crippen molar-refractivity contribution in [3.8, 4) is 0 Å². The normalized spacial score (nSPS) is 13.8. The molecule has 288 valence electrons. The van der Waals surface area contributed by atoms with Gasteiger partial charge in [-0.2, -0.15) is 0 Å². The van der Waals surface area contributed by atoms with E-state index in [0.29, 0.717) is 6.42 Å². The molecule has 0 heterocycles. The molecular formula is C39H68NO9P. The minimum atomic E-state index is -4.43. The number of unbranched alkanes of at least 4 members (excludes halogenated alkanes) is 13. The number of phosphoric acid groups is 1. The van der Waals surface area contributed by atoms with Gasteiger partial charge in [-0.1, -0.05) is 133 Å². The van der Waals surface area contributed by atoms with Gasteiger partial charge in [-0.05, 0) is 44.6 Å². The average molecular weight is 726 g/mol. The summed E-state index contributed by atoms with van der Waals surface area (Å²) in [4.78, 5) is 46.8. The maximum atomic E-state index is 12.5. The third kappa shape index (κ3) is 34.1. The molecule has 0 aliphatic heterocycles. The summed E-state index contributed by atoms with van der Waals surface area (Å²) in [5, 5.41) is 0. The smallest absolute Gasteiger partial charge is 0.462 e. The second-order valence-corrected chi connectivity index (χ2v) is 13.9. The van der Waals surface area contributed by atoms with Gasteiger partial charge in [0.2, 0.25) is 0 Å². The maximum absolute atomic E-state index is 12.5.